The van der Waals surface area contributed by atoms with Crippen molar-refractivity contribution in [3.05, 3.63) is 21.9 Å². The van der Waals surface area contributed by atoms with Crippen LogP contribution in [0.1, 0.15) is 30.0 Å². The van der Waals surface area contributed by atoms with Crippen molar-refractivity contribution >= 4 is 28.1 Å². The van der Waals surface area contributed by atoms with E-state index in [1.165, 1.54) is 4.88 Å². The molecule has 0 aliphatic rings. The Labute approximate surface area is 102 Å². The van der Waals surface area contributed by atoms with Crippen molar-refractivity contribution in [2.45, 2.75) is 37.7 Å². The first kappa shape index (κ1) is 13.4. The average molecular weight is 260 g/mol. The van der Waals surface area contributed by atoms with E-state index in [-0.39, 0.29) is 0 Å². The van der Waals surface area contributed by atoms with Crippen LogP contribution in [0.4, 0.5) is 0 Å². The molecule has 1 heterocycles. The lowest BCUT2D eigenvalue weighted by Gasteiger charge is -2.08. The molecule has 0 aliphatic heterocycles. The molecule has 0 spiro atoms. The maximum absolute atomic E-state index is 11.8. The molecule has 0 amide bonds. The molecular weight excluding hydrogens is 244 g/mol. The Morgan fingerprint density at radius 2 is 2.06 bits per heavy atom. The number of aliphatic carboxylic acids is 1. The van der Waals surface area contributed by atoms with Gasteiger partial charge in [0.2, 0.25) is 0 Å². The average Bonchev–Trinajstić information content (AvgIpc) is 2.65. The third-order valence-electron chi connectivity index (χ3n) is 2.31. The largest absolute Gasteiger partial charge is 0.480 e. The Kier molecular flexibility index (Phi) is 5.15. The molecule has 0 aliphatic carbocycles. The van der Waals surface area contributed by atoms with Crippen LogP contribution in [-0.2, 0) is 27.8 Å². The standard InChI is InChI=1S/C11H16O3S2/c1-3-8-5-6-9(15-8)7-16(14)10(4-2)11(12)13/h5-6,10H,3-4,7H2,1-2H3,(H,12,13). The second-order valence-electron chi connectivity index (χ2n) is 3.48. The molecule has 0 saturated carbocycles. The van der Waals surface area contributed by atoms with E-state index < -0.39 is 22.0 Å². The number of carboxylic acid groups (broad SMARTS) is 1. The second-order valence-corrected chi connectivity index (χ2v) is 6.35. The second kappa shape index (κ2) is 6.15. The topological polar surface area (TPSA) is 54.4 Å². The Morgan fingerprint density at radius 3 is 2.50 bits per heavy atom. The van der Waals surface area contributed by atoms with Gasteiger partial charge in [0.25, 0.3) is 0 Å². The van der Waals surface area contributed by atoms with Crippen LogP contribution in [0, 0.1) is 0 Å². The van der Waals surface area contributed by atoms with Crippen LogP contribution in [0.5, 0.6) is 0 Å². The van der Waals surface area contributed by atoms with Crippen molar-refractivity contribution in [1.82, 2.24) is 0 Å². The minimum Gasteiger partial charge on any atom is -0.480 e. The van der Waals surface area contributed by atoms with Gasteiger partial charge in [-0.2, -0.15) is 0 Å². The summed E-state index contributed by atoms with van der Waals surface area (Å²) in [5.74, 6) is -0.608. The fraction of sp³-hybridized carbons (Fsp3) is 0.545. The normalized spacial score (nSPS) is 14.6. The van der Waals surface area contributed by atoms with Gasteiger partial charge in [0, 0.05) is 20.6 Å². The number of carboxylic acids is 1. The summed E-state index contributed by atoms with van der Waals surface area (Å²) in [4.78, 5) is 13.1. The molecule has 0 radical (unpaired) electrons. The molecule has 5 heteroatoms. The Hall–Kier alpha value is -0.680. The van der Waals surface area contributed by atoms with Crippen molar-refractivity contribution in [3.8, 4) is 0 Å². The predicted molar refractivity (Wildman–Crippen MR) is 67.3 cm³/mol. The highest BCUT2D eigenvalue weighted by molar-refractivity contribution is 7.85. The van der Waals surface area contributed by atoms with Crippen LogP contribution < -0.4 is 0 Å². The SMILES string of the molecule is CCc1ccc(CS(=O)C(CC)C(=O)O)s1. The summed E-state index contributed by atoms with van der Waals surface area (Å²) >= 11 is 1.61. The van der Waals surface area contributed by atoms with Gasteiger partial charge in [-0.05, 0) is 25.0 Å². The number of thiophene rings is 1. The molecule has 90 valence electrons. The highest BCUT2D eigenvalue weighted by atomic mass is 32.2. The van der Waals surface area contributed by atoms with E-state index in [1.54, 1.807) is 18.3 Å². The number of carbonyl (C=O) groups is 1. The molecule has 1 aromatic rings. The van der Waals surface area contributed by atoms with Crippen LogP contribution in [-0.4, -0.2) is 20.5 Å². The summed E-state index contributed by atoms with van der Waals surface area (Å²) in [6.45, 7) is 3.82. The lowest BCUT2D eigenvalue weighted by atomic mass is 10.3. The van der Waals surface area contributed by atoms with Gasteiger partial charge in [0.05, 0.1) is 5.75 Å². The Balaban J connectivity index is 2.66. The van der Waals surface area contributed by atoms with Crippen LogP contribution in [0.2, 0.25) is 0 Å². The van der Waals surface area contributed by atoms with Gasteiger partial charge in [-0.1, -0.05) is 13.8 Å². The van der Waals surface area contributed by atoms with Crippen molar-refractivity contribution in [3.63, 3.8) is 0 Å². The van der Waals surface area contributed by atoms with Crippen molar-refractivity contribution < 1.29 is 14.1 Å². The van der Waals surface area contributed by atoms with Gasteiger partial charge in [-0.3, -0.25) is 9.00 Å². The van der Waals surface area contributed by atoms with Crippen LogP contribution in [0.25, 0.3) is 0 Å². The first-order valence-electron chi connectivity index (χ1n) is 5.26. The monoisotopic (exact) mass is 260 g/mol. The maximum Gasteiger partial charge on any atom is 0.319 e. The van der Waals surface area contributed by atoms with E-state index in [4.69, 9.17) is 5.11 Å². The lowest BCUT2D eigenvalue weighted by Crippen LogP contribution is -2.25. The number of hydrogen-bond acceptors (Lipinski definition) is 3. The highest BCUT2D eigenvalue weighted by Gasteiger charge is 2.22. The van der Waals surface area contributed by atoms with Gasteiger partial charge in [-0.15, -0.1) is 11.3 Å². The fourth-order valence-electron chi connectivity index (χ4n) is 1.40. The van der Waals surface area contributed by atoms with Gasteiger partial charge < -0.3 is 5.11 Å². The molecule has 3 nitrogen and oxygen atoms in total. The van der Waals surface area contributed by atoms with Gasteiger partial charge in [-0.25, -0.2) is 0 Å². The van der Waals surface area contributed by atoms with Crippen LogP contribution in [0.3, 0.4) is 0 Å². The molecule has 0 bridgehead atoms. The third-order valence-corrected chi connectivity index (χ3v) is 5.49. The molecule has 1 N–H and O–H groups in total. The van der Waals surface area contributed by atoms with Crippen molar-refractivity contribution in [2.24, 2.45) is 0 Å². The summed E-state index contributed by atoms with van der Waals surface area (Å²) in [6, 6.07) is 3.95. The van der Waals surface area contributed by atoms with E-state index in [1.807, 2.05) is 12.1 Å². The maximum atomic E-state index is 11.8. The Bertz CT molecular complexity index is 384. The van der Waals surface area contributed by atoms with Crippen molar-refractivity contribution in [1.29, 1.82) is 0 Å². The molecular formula is C11H16O3S2. The molecule has 1 rings (SSSR count). The minimum atomic E-state index is -1.32. The summed E-state index contributed by atoms with van der Waals surface area (Å²) in [5.41, 5.74) is 0. The number of hydrogen-bond donors (Lipinski definition) is 1. The third kappa shape index (κ3) is 3.42. The summed E-state index contributed by atoms with van der Waals surface area (Å²) in [5, 5.41) is 8.14. The van der Waals surface area contributed by atoms with E-state index in [2.05, 4.69) is 6.92 Å². The Morgan fingerprint density at radius 1 is 1.44 bits per heavy atom. The molecule has 0 saturated heterocycles. The molecule has 2 atom stereocenters. The zero-order valence-corrected chi connectivity index (χ0v) is 11.1. The zero-order chi connectivity index (χ0) is 12.1. The van der Waals surface area contributed by atoms with Crippen LogP contribution in [0.15, 0.2) is 12.1 Å². The van der Waals surface area contributed by atoms with Gasteiger partial charge >= 0.3 is 5.97 Å². The summed E-state index contributed by atoms with van der Waals surface area (Å²) in [7, 11) is -1.32. The molecule has 16 heavy (non-hydrogen) atoms. The molecule has 0 fully saturated rings. The molecule has 0 aromatic carbocycles. The smallest absolute Gasteiger partial charge is 0.319 e. The van der Waals surface area contributed by atoms with E-state index >= 15 is 0 Å². The number of aryl methyl sites for hydroxylation is 1. The molecule has 1 aromatic heterocycles. The van der Waals surface area contributed by atoms with E-state index in [0.29, 0.717) is 12.2 Å². The predicted octanol–water partition coefficient (Wildman–Crippen LogP) is 2.42. The van der Waals surface area contributed by atoms with Crippen molar-refractivity contribution in [2.75, 3.05) is 0 Å². The lowest BCUT2D eigenvalue weighted by molar-refractivity contribution is -0.136. The fourth-order valence-corrected chi connectivity index (χ4v) is 3.92. The first-order chi connectivity index (χ1) is 7.58. The zero-order valence-electron chi connectivity index (χ0n) is 9.43. The first-order valence-corrected chi connectivity index (χ1v) is 7.45. The van der Waals surface area contributed by atoms with Crippen LogP contribution >= 0.6 is 11.3 Å². The highest BCUT2D eigenvalue weighted by Crippen LogP contribution is 2.20. The summed E-state index contributed by atoms with van der Waals surface area (Å²) < 4.78 is 11.8. The van der Waals surface area contributed by atoms with Gasteiger partial charge in [0.15, 0.2) is 0 Å². The molecule has 2 unspecified atom stereocenters. The van der Waals surface area contributed by atoms with E-state index in [9.17, 15) is 9.00 Å². The quantitative estimate of drug-likeness (QED) is 0.854. The minimum absolute atomic E-state index is 0.357. The van der Waals surface area contributed by atoms with E-state index in [0.717, 1.165) is 11.3 Å². The summed E-state index contributed by atoms with van der Waals surface area (Å²) in [6.07, 6.45) is 1.38. The van der Waals surface area contributed by atoms with Gasteiger partial charge in [0.1, 0.15) is 5.25 Å². The number of rotatable bonds is 6.